The highest BCUT2D eigenvalue weighted by Crippen LogP contribution is 2.43. The number of benzene rings is 1. The summed E-state index contributed by atoms with van der Waals surface area (Å²) >= 11 is 0. The molecule has 1 heterocycles. The standard InChI is InChI=1S/C14H12N2/c15-10-14(6-2-7-14)12-5-4-11-3-1-8-16-13(11)9-12/h1,3-5,8-9H,2,6-7H2. The van der Waals surface area contributed by atoms with Crippen LogP contribution < -0.4 is 0 Å². The molecule has 0 radical (unpaired) electrons. The first-order chi connectivity index (χ1) is 7.84. The molecule has 0 N–H and O–H groups in total. The quantitative estimate of drug-likeness (QED) is 0.721. The van der Waals surface area contributed by atoms with Crippen LogP contribution in [0.1, 0.15) is 24.8 Å². The van der Waals surface area contributed by atoms with Crippen molar-refractivity contribution in [2.75, 3.05) is 0 Å². The minimum absolute atomic E-state index is 0.230. The van der Waals surface area contributed by atoms with Gasteiger partial charge in [-0.05, 0) is 37.0 Å². The summed E-state index contributed by atoms with van der Waals surface area (Å²) < 4.78 is 0. The van der Waals surface area contributed by atoms with Crippen LogP contribution in [0.25, 0.3) is 10.9 Å². The normalized spacial score (nSPS) is 17.7. The van der Waals surface area contributed by atoms with Crippen molar-refractivity contribution < 1.29 is 0 Å². The van der Waals surface area contributed by atoms with Crippen molar-refractivity contribution in [1.29, 1.82) is 5.26 Å². The fraction of sp³-hybridized carbons (Fsp3) is 0.286. The Hall–Kier alpha value is -1.88. The molecule has 16 heavy (non-hydrogen) atoms. The first-order valence-corrected chi connectivity index (χ1v) is 5.61. The number of aromatic nitrogens is 1. The summed E-state index contributed by atoms with van der Waals surface area (Å²) in [5, 5.41) is 10.4. The minimum atomic E-state index is -0.230. The SMILES string of the molecule is N#CC1(c2ccc3cccnc3c2)CCC1. The Morgan fingerprint density at radius 2 is 2.12 bits per heavy atom. The van der Waals surface area contributed by atoms with Gasteiger partial charge in [-0.3, -0.25) is 4.98 Å². The number of pyridine rings is 1. The van der Waals surface area contributed by atoms with Crippen molar-refractivity contribution in [2.45, 2.75) is 24.7 Å². The minimum Gasteiger partial charge on any atom is -0.256 e. The average molecular weight is 208 g/mol. The maximum atomic E-state index is 9.29. The molecule has 0 unspecified atom stereocenters. The molecule has 0 spiro atoms. The highest BCUT2D eigenvalue weighted by Gasteiger charge is 2.38. The summed E-state index contributed by atoms with van der Waals surface area (Å²) in [6, 6.07) is 12.7. The van der Waals surface area contributed by atoms with Crippen molar-refractivity contribution in [3.63, 3.8) is 0 Å². The average Bonchev–Trinajstić information content (AvgIpc) is 2.28. The Bertz CT molecular complexity index is 577. The maximum Gasteiger partial charge on any atom is 0.0823 e. The lowest BCUT2D eigenvalue weighted by molar-refractivity contribution is 0.324. The molecule has 0 saturated heterocycles. The van der Waals surface area contributed by atoms with Gasteiger partial charge in [-0.15, -0.1) is 0 Å². The number of rotatable bonds is 1. The van der Waals surface area contributed by atoms with Crippen LogP contribution in [-0.2, 0) is 5.41 Å². The van der Waals surface area contributed by atoms with Gasteiger partial charge >= 0.3 is 0 Å². The van der Waals surface area contributed by atoms with E-state index in [0.717, 1.165) is 35.7 Å². The van der Waals surface area contributed by atoms with Gasteiger partial charge in [0.2, 0.25) is 0 Å². The molecule has 78 valence electrons. The molecular weight excluding hydrogens is 196 g/mol. The second-order valence-electron chi connectivity index (χ2n) is 4.46. The van der Waals surface area contributed by atoms with Crippen molar-refractivity contribution >= 4 is 10.9 Å². The molecule has 0 amide bonds. The van der Waals surface area contributed by atoms with Crippen molar-refractivity contribution in [3.8, 4) is 6.07 Å². The van der Waals surface area contributed by atoms with Crippen LogP contribution in [0.3, 0.4) is 0 Å². The van der Waals surface area contributed by atoms with E-state index in [2.05, 4.69) is 29.3 Å². The third-order valence-electron chi connectivity index (χ3n) is 3.58. The lowest BCUT2D eigenvalue weighted by Gasteiger charge is -2.35. The van der Waals surface area contributed by atoms with E-state index in [-0.39, 0.29) is 5.41 Å². The molecule has 0 bridgehead atoms. The summed E-state index contributed by atoms with van der Waals surface area (Å²) in [5.74, 6) is 0. The zero-order valence-electron chi connectivity index (χ0n) is 8.98. The Labute approximate surface area is 94.5 Å². The zero-order chi connectivity index (χ0) is 11.0. The molecular formula is C14H12N2. The molecule has 2 heteroatoms. The van der Waals surface area contributed by atoms with E-state index in [1.165, 1.54) is 0 Å². The van der Waals surface area contributed by atoms with E-state index in [4.69, 9.17) is 0 Å². The number of nitrogens with zero attached hydrogens (tertiary/aromatic N) is 2. The third-order valence-corrected chi connectivity index (χ3v) is 3.58. The van der Waals surface area contributed by atoms with Gasteiger partial charge in [-0.25, -0.2) is 0 Å². The van der Waals surface area contributed by atoms with Crippen LogP contribution in [-0.4, -0.2) is 4.98 Å². The Kier molecular flexibility index (Phi) is 1.94. The van der Waals surface area contributed by atoms with Crippen molar-refractivity contribution in [3.05, 3.63) is 42.1 Å². The highest BCUT2D eigenvalue weighted by molar-refractivity contribution is 5.79. The molecule has 1 fully saturated rings. The largest absolute Gasteiger partial charge is 0.256 e. The number of hydrogen-bond acceptors (Lipinski definition) is 2. The van der Waals surface area contributed by atoms with Gasteiger partial charge in [-0.1, -0.05) is 18.2 Å². The van der Waals surface area contributed by atoms with Gasteiger partial charge in [0, 0.05) is 11.6 Å². The van der Waals surface area contributed by atoms with E-state index in [0.29, 0.717) is 0 Å². The summed E-state index contributed by atoms with van der Waals surface area (Å²) in [6.45, 7) is 0. The zero-order valence-corrected chi connectivity index (χ0v) is 8.98. The monoisotopic (exact) mass is 208 g/mol. The van der Waals surface area contributed by atoms with Crippen molar-refractivity contribution in [1.82, 2.24) is 4.98 Å². The number of hydrogen-bond donors (Lipinski definition) is 0. The van der Waals surface area contributed by atoms with E-state index >= 15 is 0 Å². The third kappa shape index (κ3) is 1.22. The van der Waals surface area contributed by atoms with E-state index < -0.39 is 0 Å². The maximum absolute atomic E-state index is 9.29. The Morgan fingerprint density at radius 3 is 2.81 bits per heavy atom. The van der Waals surface area contributed by atoms with Gasteiger partial charge < -0.3 is 0 Å². The fourth-order valence-electron chi connectivity index (χ4n) is 2.36. The molecule has 1 saturated carbocycles. The first-order valence-electron chi connectivity index (χ1n) is 5.61. The van der Waals surface area contributed by atoms with Gasteiger partial charge in [-0.2, -0.15) is 5.26 Å². The molecule has 2 aromatic rings. The molecule has 3 rings (SSSR count). The predicted octanol–water partition coefficient (Wildman–Crippen LogP) is 3.18. The van der Waals surface area contributed by atoms with Gasteiger partial charge in [0.1, 0.15) is 0 Å². The van der Waals surface area contributed by atoms with Gasteiger partial charge in [0.25, 0.3) is 0 Å². The Morgan fingerprint density at radius 1 is 1.25 bits per heavy atom. The first kappa shape index (κ1) is 9.35. The second-order valence-corrected chi connectivity index (χ2v) is 4.46. The van der Waals surface area contributed by atoms with E-state index in [9.17, 15) is 5.26 Å². The summed E-state index contributed by atoms with van der Waals surface area (Å²) in [7, 11) is 0. The van der Waals surface area contributed by atoms with Crippen LogP contribution in [0, 0.1) is 11.3 Å². The smallest absolute Gasteiger partial charge is 0.0823 e. The van der Waals surface area contributed by atoms with Gasteiger partial charge in [0.15, 0.2) is 0 Å². The molecule has 1 aliphatic rings. The van der Waals surface area contributed by atoms with Crippen LogP contribution >= 0.6 is 0 Å². The molecule has 2 nitrogen and oxygen atoms in total. The van der Waals surface area contributed by atoms with Crippen LogP contribution in [0.5, 0.6) is 0 Å². The van der Waals surface area contributed by atoms with Crippen LogP contribution in [0.4, 0.5) is 0 Å². The summed E-state index contributed by atoms with van der Waals surface area (Å²) in [6.07, 6.45) is 4.93. The molecule has 1 aromatic carbocycles. The van der Waals surface area contributed by atoms with Crippen LogP contribution in [0.15, 0.2) is 36.5 Å². The summed E-state index contributed by atoms with van der Waals surface area (Å²) in [4.78, 5) is 4.34. The number of nitriles is 1. The van der Waals surface area contributed by atoms with Crippen LogP contribution in [0.2, 0.25) is 0 Å². The lowest BCUT2D eigenvalue weighted by atomic mass is 9.65. The fourth-order valence-corrected chi connectivity index (χ4v) is 2.36. The second kappa shape index (κ2) is 3.31. The lowest BCUT2D eigenvalue weighted by Crippen LogP contribution is -2.32. The molecule has 1 aliphatic carbocycles. The van der Waals surface area contributed by atoms with E-state index in [1.807, 2.05) is 12.1 Å². The van der Waals surface area contributed by atoms with Crippen molar-refractivity contribution in [2.24, 2.45) is 0 Å². The number of fused-ring (bicyclic) bond motifs is 1. The summed E-state index contributed by atoms with van der Waals surface area (Å²) in [5.41, 5.74) is 1.89. The highest BCUT2D eigenvalue weighted by atomic mass is 14.6. The van der Waals surface area contributed by atoms with E-state index in [1.54, 1.807) is 6.20 Å². The molecule has 1 aromatic heterocycles. The van der Waals surface area contributed by atoms with Gasteiger partial charge in [0.05, 0.1) is 17.0 Å². The topological polar surface area (TPSA) is 36.7 Å². The predicted molar refractivity (Wildman–Crippen MR) is 62.9 cm³/mol. The molecule has 0 aliphatic heterocycles. The molecule has 0 atom stereocenters. The Balaban J connectivity index is 2.16.